The van der Waals surface area contributed by atoms with Gasteiger partial charge in [-0.15, -0.1) is 0 Å². The van der Waals surface area contributed by atoms with Crippen molar-refractivity contribution in [3.8, 4) is 0 Å². The Hall–Kier alpha value is -1.11. The number of nitrogens with one attached hydrogen (secondary N) is 1. The van der Waals surface area contributed by atoms with Gasteiger partial charge in [-0.1, -0.05) is 18.6 Å². The molecule has 2 rings (SSSR count). The van der Waals surface area contributed by atoms with Gasteiger partial charge in [0.15, 0.2) is 0 Å². The van der Waals surface area contributed by atoms with Crippen molar-refractivity contribution in [1.82, 2.24) is 4.31 Å². The van der Waals surface area contributed by atoms with Gasteiger partial charge >= 0.3 is 10.2 Å². The van der Waals surface area contributed by atoms with Gasteiger partial charge < -0.3 is 5.73 Å². The summed E-state index contributed by atoms with van der Waals surface area (Å²) in [6, 6.07) is 5.66. The van der Waals surface area contributed by atoms with Crippen molar-refractivity contribution in [3.05, 3.63) is 29.3 Å². The van der Waals surface area contributed by atoms with Crippen molar-refractivity contribution in [3.63, 3.8) is 0 Å². The van der Waals surface area contributed by atoms with Crippen LogP contribution in [0.5, 0.6) is 0 Å². The van der Waals surface area contributed by atoms with Gasteiger partial charge in [0.05, 0.1) is 5.69 Å². The van der Waals surface area contributed by atoms with E-state index in [1.165, 1.54) is 0 Å². The van der Waals surface area contributed by atoms with Crippen LogP contribution in [-0.2, 0) is 16.8 Å². The SMILES string of the molecule is Cc1ccc(CN)cc1NS(=O)(=O)N1CCCCC1C. The Morgan fingerprint density at radius 3 is 2.80 bits per heavy atom. The molecule has 0 amide bonds. The standard InChI is InChI=1S/C14H23N3O2S/c1-11-6-7-13(10-15)9-14(11)16-20(18,19)17-8-4-3-5-12(17)2/h6-7,9,12,16H,3-5,8,10,15H2,1-2H3. The van der Waals surface area contributed by atoms with Crippen LogP contribution in [0.15, 0.2) is 18.2 Å². The molecule has 1 aromatic rings. The van der Waals surface area contributed by atoms with E-state index in [4.69, 9.17) is 5.73 Å². The molecule has 1 unspecified atom stereocenters. The van der Waals surface area contributed by atoms with Crippen molar-refractivity contribution in [1.29, 1.82) is 0 Å². The molecule has 1 aromatic carbocycles. The predicted octanol–water partition coefficient (Wildman–Crippen LogP) is 1.98. The fourth-order valence-electron chi connectivity index (χ4n) is 2.53. The third-order valence-electron chi connectivity index (χ3n) is 3.83. The van der Waals surface area contributed by atoms with E-state index in [-0.39, 0.29) is 6.04 Å². The second-order valence-electron chi connectivity index (χ2n) is 5.42. The number of nitrogens with two attached hydrogens (primary N) is 1. The summed E-state index contributed by atoms with van der Waals surface area (Å²) in [6.07, 6.45) is 2.94. The van der Waals surface area contributed by atoms with Gasteiger partial charge in [-0.25, -0.2) is 0 Å². The van der Waals surface area contributed by atoms with E-state index >= 15 is 0 Å². The molecule has 0 radical (unpaired) electrons. The number of hydrogen-bond acceptors (Lipinski definition) is 3. The van der Waals surface area contributed by atoms with Crippen molar-refractivity contribution in [2.75, 3.05) is 11.3 Å². The first kappa shape index (κ1) is 15.3. The molecule has 20 heavy (non-hydrogen) atoms. The van der Waals surface area contributed by atoms with Gasteiger partial charge in [-0.2, -0.15) is 12.7 Å². The number of hydrogen-bond donors (Lipinski definition) is 2. The number of benzene rings is 1. The van der Waals surface area contributed by atoms with Crippen molar-refractivity contribution in [2.24, 2.45) is 5.73 Å². The Morgan fingerprint density at radius 2 is 2.15 bits per heavy atom. The molecular formula is C14H23N3O2S. The van der Waals surface area contributed by atoms with Gasteiger partial charge in [0.2, 0.25) is 0 Å². The van der Waals surface area contributed by atoms with Crippen LogP contribution in [0.3, 0.4) is 0 Å². The van der Waals surface area contributed by atoms with Crippen LogP contribution in [0.2, 0.25) is 0 Å². The average Bonchev–Trinajstić information content (AvgIpc) is 2.41. The molecule has 6 heteroatoms. The first-order chi connectivity index (χ1) is 9.44. The van der Waals surface area contributed by atoms with Crippen LogP contribution < -0.4 is 10.5 Å². The zero-order chi connectivity index (χ0) is 14.8. The molecule has 0 saturated carbocycles. The minimum Gasteiger partial charge on any atom is -0.326 e. The van der Waals surface area contributed by atoms with Gasteiger partial charge in [0.25, 0.3) is 0 Å². The molecule has 1 fully saturated rings. The lowest BCUT2D eigenvalue weighted by molar-refractivity contribution is 0.270. The molecule has 0 aromatic heterocycles. The second kappa shape index (κ2) is 6.11. The first-order valence-electron chi connectivity index (χ1n) is 7.03. The topological polar surface area (TPSA) is 75.4 Å². The molecular weight excluding hydrogens is 274 g/mol. The minimum absolute atomic E-state index is 0.0549. The highest BCUT2D eigenvalue weighted by Crippen LogP contribution is 2.24. The summed E-state index contributed by atoms with van der Waals surface area (Å²) in [5.74, 6) is 0. The summed E-state index contributed by atoms with van der Waals surface area (Å²) >= 11 is 0. The molecule has 0 aliphatic carbocycles. The highest BCUT2D eigenvalue weighted by molar-refractivity contribution is 7.90. The highest BCUT2D eigenvalue weighted by atomic mass is 32.2. The molecule has 3 N–H and O–H groups in total. The van der Waals surface area contributed by atoms with Gasteiger partial charge in [-0.3, -0.25) is 4.72 Å². The molecule has 112 valence electrons. The third kappa shape index (κ3) is 3.31. The number of rotatable bonds is 4. The predicted molar refractivity (Wildman–Crippen MR) is 81.6 cm³/mol. The maximum atomic E-state index is 12.5. The molecule has 1 aliphatic rings. The average molecular weight is 297 g/mol. The number of anilines is 1. The van der Waals surface area contributed by atoms with Crippen LogP contribution in [0, 0.1) is 6.92 Å². The molecule has 5 nitrogen and oxygen atoms in total. The van der Waals surface area contributed by atoms with Crippen LogP contribution >= 0.6 is 0 Å². The Kier molecular flexibility index (Phi) is 4.67. The van der Waals surface area contributed by atoms with Gasteiger partial charge in [0, 0.05) is 19.1 Å². The van der Waals surface area contributed by atoms with Gasteiger partial charge in [0.1, 0.15) is 0 Å². The lowest BCUT2D eigenvalue weighted by Gasteiger charge is -2.32. The highest BCUT2D eigenvalue weighted by Gasteiger charge is 2.29. The quantitative estimate of drug-likeness (QED) is 0.892. The van der Waals surface area contributed by atoms with E-state index in [2.05, 4.69) is 4.72 Å². The van der Waals surface area contributed by atoms with E-state index in [9.17, 15) is 8.42 Å². The maximum Gasteiger partial charge on any atom is 0.301 e. The molecule has 1 atom stereocenters. The Bertz CT molecular complexity index is 572. The van der Waals surface area contributed by atoms with Crippen molar-refractivity contribution >= 4 is 15.9 Å². The monoisotopic (exact) mass is 297 g/mol. The lowest BCUT2D eigenvalue weighted by atomic mass is 10.1. The fourth-order valence-corrected chi connectivity index (χ4v) is 4.10. The zero-order valence-electron chi connectivity index (χ0n) is 12.1. The summed E-state index contributed by atoms with van der Waals surface area (Å²) in [5, 5.41) is 0. The van der Waals surface area contributed by atoms with Crippen LogP contribution in [0.25, 0.3) is 0 Å². The number of aryl methyl sites for hydroxylation is 1. The summed E-state index contributed by atoms with van der Waals surface area (Å²) in [5.41, 5.74) is 8.04. The van der Waals surface area contributed by atoms with Crippen molar-refractivity contribution in [2.45, 2.75) is 45.7 Å². The smallest absolute Gasteiger partial charge is 0.301 e. The van der Waals surface area contributed by atoms with E-state index in [0.717, 1.165) is 30.4 Å². The summed E-state index contributed by atoms with van der Waals surface area (Å²) < 4.78 is 29.3. The van der Waals surface area contributed by atoms with Crippen molar-refractivity contribution < 1.29 is 8.42 Å². The lowest BCUT2D eigenvalue weighted by Crippen LogP contribution is -2.44. The molecule has 0 spiro atoms. The van der Waals surface area contributed by atoms with E-state index in [1.807, 2.05) is 32.0 Å². The largest absolute Gasteiger partial charge is 0.326 e. The van der Waals surface area contributed by atoms with Crippen LogP contribution in [0.4, 0.5) is 5.69 Å². The molecule has 1 heterocycles. The summed E-state index contributed by atoms with van der Waals surface area (Å²) in [4.78, 5) is 0. The van der Waals surface area contributed by atoms with Crippen LogP contribution in [0.1, 0.15) is 37.3 Å². The van der Waals surface area contributed by atoms with E-state index in [0.29, 0.717) is 18.8 Å². The Morgan fingerprint density at radius 1 is 1.40 bits per heavy atom. The van der Waals surface area contributed by atoms with E-state index < -0.39 is 10.2 Å². The summed E-state index contributed by atoms with van der Waals surface area (Å²) in [7, 11) is -3.49. The molecule has 0 bridgehead atoms. The fraction of sp³-hybridized carbons (Fsp3) is 0.571. The normalized spacial score (nSPS) is 20.9. The first-order valence-corrected chi connectivity index (χ1v) is 8.47. The summed E-state index contributed by atoms with van der Waals surface area (Å²) in [6.45, 7) is 4.83. The van der Waals surface area contributed by atoms with E-state index in [1.54, 1.807) is 4.31 Å². The second-order valence-corrected chi connectivity index (χ2v) is 7.04. The Labute approximate surface area is 121 Å². The van der Waals surface area contributed by atoms with Gasteiger partial charge in [-0.05, 0) is 43.9 Å². The minimum atomic E-state index is -3.49. The third-order valence-corrected chi connectivity index (χ3v) is 5.47. The Balaban J connectivity index is 2.23. The van der Waals surface area contributed by atoms with Crippen LogP contribution in [-0.4, -0.2) is 25.3 Å². The number of piperidine rings is 1. The zero-order valence-corrected chi connectivity index (χ0v) is 12.9. The molecule has 1 aliphatic heterocycles. The maximum absolute atomic E-state index is 12.5. The molecule has 1 saturated heterocycles. The number of nitrogens with zero attached hydrogens (tertiary/aromatic N) is 1.